The summed E-state index contributed by atoms with van der Waals surface area (Å²) in [7, 11) is 0. The molecule has 0 saturated heterocycles. The highest BCUT2D eigenvalue weighted by Gasteiger charge is 2.38. The zero-order valence-electron chi connectivity index (χ0n) is 11.4. The molecular weight excluding hydrogens is 218 g/mol. The zero-order valence-corrected chi connectivity index (χ0v) is 11.4. The lowest BCUT2D eigenvalue weighted by atomic mass is 9.93. The number of nitrogens with one attached hydrogen (secondary N) is 1. The van der Waals surface area contributed by atoms with Crippen LogP contribution in [0, 0.1) is 5.41 Å². The van der Waals surface area contributed by atoms with Crippen molar-refractivity contribution >= 4 is 5.97 Å². The Bertz CT molecular complexity index is 268. The first kappa shape index (κ1) is 14.5. The Kier molecular flexibility index (Phi) is 4.55. The molecule has 1 unspecified atom stereocenters. The third-order valence-electron chi connectivity index (χ3n) is 2.96. The summed E-state index contributed by atoms with van der Waals surface area (Å²) in [6.07, 6.45) is 3.09. The highest BCUT2D eigenvalue weighted by Crippen LogP contribution is 2.23. The summed E-state index contributed by atoms with van der Waals surface area (Å²) in [5, 5.41) is 12.4. The van der Waals surface area contributed by atoms with Gasteiger partial charge in [0.15, 0.2) is 0 Å². The second-order valence-corrected chi connectivity index (χ2v) is 6.42. The van der Waals surface area contributed by atoms with E-state index in [4.69, 9.17) is 4.74 Å². The Morgan fingerprint density at radius 1 is 1.35 bits per heavy atom. The first-order valence-electron chi connectivity index (χ1n) is 6.32. The van der Waals surface area contributed by atoms with Crippen molar-refractivity contribution in [2.24, 2.45) is 5.41 Å². The second-order valence-electron chi connectivity index (χ2n) is 6.42. The van der Waals surface area contributed by atoms with Gasteiger partial charge in [-0.05, 0) is 31.6 Å². The number of rotatable bonds is 7. The van der Waals surface area contributed by atoms with E-state index >= 15 is 0 Å². The third-order valence-corrected chi connectivity index (χ3v) is 2.96. The van der Waals surface area contributed by atoms with Crippen molar-refractivity contribution in [1.29, 1.82) is 0 Å². The minimum absolute atomic E-state index is 0.226. The van der Waals surface area contributed by atoms with Crippen molar-refractivity contribution < 1.29 is 14.6 Å². The van der Waals surface area contributed by atoms with Gasteiger partial charge in [-0.2, -0.15) is 0 Å². The normalized spacial score (nSPS) is 20.0. The molecule has 0 heterocycles. The summed E-state index contributed by atoms with van der Waals surface area (Å²) in [5.41, 5.74) is -0.720. The van der Waals surface area contributed by atoms with Gasteiger partial charge in [-0.25, -0.2) is 0 Å². The lowest BCUT2D eigenvalue weighted by Gasteiger charge is -2.27. The van der Waals surface area contributed by atoms with Gasteiger partial charge in [0.1, 0.15) is 5.54 Å². The molecule has 1 aliphatic carbocycles. The van der Waals surface area contributed by atoms with E-state index in [1.807, 2.05) is 0 Å². The molecule has 0 aliphatic heterocycles. The van der Waals surface area contributed by atoms with Gasteiger partial charge in [0.2, 0.25) is 0 Å². The molecule has 0 radical (unpaired) electrons. The molecule has 0 aromatic rings. The van der Waals surface area contributed by atoms with Crippen molar-refractivity contribution in [3.05, 3.63) is 0 Å². The fourth-order valence-corrected chi connectivity index (χ4v) is 1.50. The van der Waals surface area contributed by atoms with E-state index in [2.05, 4.69) is 26.1 Å². The van der Waals surface area contributed by atoms with Gasteiger partial charge >= 0.3 is 5.97 Å². The van der Waals surface area contributed by atoms with Crippen molar-refractivity contribution in [3.63, 3.8) is 0 Å². The molecule has 0 bridgehead atoms. The Labute approximate surface area is 104 Å². The van der Waals surface area contributed by atoms with Gasteiger partial charge in [-0.15, -0.1) is 0 Å². The van der Waals surface area contributed by atoms with E-state index in [9.17, 15) is 9.90 Å². The maximum atomic E-state index is 11.2. The fourth-order valence-electron chi connectivity index (χ4n) is 1.50. The van der Waals surface area contributed by atoms with Gasteiger partial charge in [0, 0.05) is 12.6 Å². The lowest BCUT2D eigenvalue weighted by Crippen LogP contribution is -2.54. The molecule has 0 amide bonds. The fraction of sp³-hybridized carbons (Fsp3) is 0.923. The van der Waals surface area contributed by atoms with Crippen LogP contribution in [0.5, 0.6) is 0 Å². The van der Waals surface area contributed by atoms with E-state index in [-0.39, 0.29) is 12.0 Å². The first-order chi connectivity index (χ1) is 7.73. The summed E-state index contributed by atoms with van der Waals surface area (Å²) in [6.45, 7) is 8.98. The molecule has 0 aromatic heterocycles. The molecule has 0 spiro atoms. The number of carboxylic acids is 1. The number of ether oxygens (including phenoxy) is 1. The smallest absolute Gasteiger partial charge is 0.326 e. The third kappa shape index (κ3) is 5.50. The Morgan fingerprint density at radius 2 is 1.94 bits per heavy atom. The van der Waals surface area contributed by atoms with Crippen molar-refractivity contribution in [2.75, 3.05) is 13.2 Å². The number of hydrogen-bond acceptors (Lipinski definition) is 3. The molecule has 1 aliphatic rings. The highest BCUT2D eigenvalue weighted by molar-refractivity contribution is 5.78. The SMILES string of the molecule is CC(C)(C)CCOCC(C)(NC1CC1)C(=O)O. The largest absolute Gasteiger partial charge is 0.480 e. The molecule has 2 N–H and O–H groups in total. The number of carboxylic acid groups (broad SMARTS) is 1. The van der Waals surface area contributed by atoms with Crippen molar-refractivity contribution in [2.45, 2.75) is 58.5 Å². The van der Waals surface area contributed by atoms with Crippen LogP contribution in [0.15, 0.2) is 0 Å². The summed E-state index contributed by atoms with van der Waals surface area (Å²) in [5.74, 6) is -0.833. The average molecular weight is 243 g/mol. The van der Waals surface area contributed by atoms with Crippen LogP contribution in [-0.2, 0) is 9.53 Å². The molecule has 1 fully saturated rings. The number of aliphatic carboxylic acids is 1. The van der Waals surface area contributed by atoms with Gasteiger partial charge in [-0.3, -0.25) is 10.1 Å². The van der Waals surface area contributed by atoms with Crippen LogP contribution in [0.25, 0.3) is 0 Å². The van der Waals surface area contributed by atoms with Crippen molar-refractivity contribution in [1.82, 2.24) is 5.32 Å². The summed E-state index contributed by atoms with van der Waals surface area (Å²) < 4.78 is 5.52. The number of hydrogen-bond donors (Lipinski definition) is 2. The Hall–Kier alpha value is -0.610. The van der Waals surface area contributed by atoms with Crippen LogP contribution in [0.1, 0.15) is 47.0 Å². The van der Waals surface area contributed by atoms with E-state index in [1.165, 1.54) is 0 Å². The van der Waals surface area contributed by atoms with Crippen molar-refractivity contribution in [3.8, 4) is 0 Å². The van der Waals surface area contributed by atoms with Gasteiger partial charge < -0.3 is 9.84 Å². The average Bonchev–Trinajstić information content (AvgIpc) is 2.94. The van der Waals surface area contributed by atoms with E-state index in [0.29, 0.717) is 12.6 Å². The Morgan fingerprint density at radius 3 is 2.35 bits per heavy atom. The molecule has 4 nitrogen and oxygen atoms in total. The topological polar surface area (TPSA) is 58.6 Å². The standard InChI is InChI=1S/C13H25NO3/c1-12(2,3)7-8-17-9-13(4,11(15)16)14-10-5-6-10/h10,14H,5-9H2,1-4H3,(H,15,16). The van der Waals surface area contributed by atoms with Crippen LogP contribution < -0.4 is 5.32 Å². The number of carbonyl (C=O) groups is 1. The zero-order chi connectivity index (χ0) is 13.1. The monoisotopic (exact) mass is 243 g/mol. The first-order valence-corrected chi connectivity index (χ1v) is 6.32. The summed E-state index contributed by atoms with van der Waals surface area (Å²) in [6, 6.07) is 0.363. The van der Waals surface area contributed by atoms with Crippen LogP contribution in [0.3, 0.4) is 0 Å². The molecule has 1 saturated carbocycles. The molecular formula is C13H25NO3. The lowest BCUT2D eigenvalue weighted by molar-refractivity contribution is -0.147. The second kappa shape index (κ2) is 5.36. The highest BCUT2D eigenvalue weighted by atomic mass is 16.5. The van der Waals surface area contributed by atoms with Gasteiger partial charge in [-0.1, -0.05) is 20.8 Å². The molecule has 4 heteroatoms. The maximum Gasteiger partial charge on any atom is 0.326 e. The molecule has 1 atom stereocenters. The minimum atomic E-state index is -0.945. The maximum absolute atomic E-state index is 11.2. The van der Waals surface area contributed by atoms with Gasteiger partial charge in [0.25, 0.3) is 0 Å². The molecule has 1 rings (SSSR count). The summed E-state index contributed by atoms with van der Waals surface area (Å²) >= 11 is 0. The minimum Gasteiger partial charge on any atom is -0.480 e. The van der Waals surface area contributed by atoms with E-state index in [0.717, 1.165) is 19.3 Å². The van der Waals surface area contributed by atoms with E-state index in [1.54, 1.807) is 6.92 Å². The molecule has 17 heavy (non-hydrogen) atoms. The van der Waals surface area contributed by atoms with Crippen LogP contribution >= 0.6 is 0 Å². The van der Waals surface area contributed by atoms with Crippen LogP contribution in [-0.4, -0.2) is 35.9 Å². The molecule has 0 aromatic carbocycles. The van der Waals surface area contributed by atoms with Crippen LogP contribution in [0.4, 0.5) is 0 Å². The quantitative estimate of drug-likeness (QED) is 0.672. The predicted octanol–water partition coefficient (Wildman–Crippen LogP) is 2.03. The Balaban J connectivity index is 2.31. The van der Waals surface area contributed by atoms with E-state index < -0.39 is 11.5 Å². The molecule has 100 valence electrons. The predicted molar refractivity (Wildman–Crippen MR) is 67.1 cm³/mol. The summed E-state index contributed by atoms with van der Waals surface area (Å²) in [4.78, 5) is 11.2. The van der Waals surface area contributed by atoms with Crippen LogP contribution in [0.2, 0.25) is 0 Å². The van der Waals surface area contributed by atoms with Gasteiger partial charge in [0.05, 0.1) is 6.61 Å².